The van der Waals surface area contributed by atoms with Crippen LogP contribution in [0.3, 0.4) is 0 Å². The first-order chi connectivity index (χ1) is 12.0. The van der Waals surface area contributed by atoms with Crippen LogP contribution in [-0.4, -0.2) is 33.7 Å². The van der Waals surface area contributed by atoms with Crippen molar-refractivity contribution < 1.29 is 14.4 Å². The smallest absolute Gasteiger partial charge is 0.229 e. The minimum Gasteiger partial charge on any atom is -0.354 e. The molecule has 1 fully saturated rings. The molecular weight excluding hydrogens is 320 g/mol. The molecule has 2 amide bonds. The van der Waals surface area contributed by atoms with Gasteiger partial charge in [-0.05, 0) is 12.1 Å². The molecule has 128 valence electrons. The van der Waals surface area contributed by atoms with Gasteiger partial charge in [-0.15, -0.1) is 0 Å². The van der Waals surface area contributed by atoms with Crippen molar-refractivity contribution in [3.8, 4) is 0 Å². The standard InChI is InChI=1S/C18H18N4O3/c1-18-13(16(24)20-7-9-22-8-6-19-10-22)14(18)17(25)21-12-5-3-2-4-11(12)15(18)23/h2-6,8,10,13-14H,7,9H2,1H3,(H,20,24)(H,21,25)/t13-,14?,18+/m0/s1. The molecular formula is C18H18N4O3. The number of rotatable bonds is 4. The number of anilines is 1. The van der Waals surface area contributed by atoms with Gasteiger partial charge < -0.3 is 15.2 Å². The summed E-state index contributed by atoms with van der Waals surface area (Å²) in [5.41, 5.74) is 0.00947. The fraction of sp³-hybridized carbons (Fsp3) is 0.333. The number of ketones is 1. The highest BCUT2D eigenvalue weighted by atomic mass is 16.2. The van der Waals surface area contributed by atoms with E-state index in [0.29, 0.717) is 24.3 Å². The third-order valence-electron chi connectivity index (χ3n) is 5.23. The summed E-state index contributed by atoms with van der Waals surface area (Å²) in [7, 11) is 0. The quantitative estimate of drug-likeness (QED) is 0.873. The van der Waals surface area contributed by atoms with Crippen molar-refractivity contribution in [2.45, 2.75) is 13.5 Å². The second-order valence-corrected chi connectivity index (χ2v) is 6.69. The van der Waals surface area contributed by atoms with E-state index in [1.165, 1.54) is 0 Å². The van der Waals surface area contributed by atoms with E-state index in [4.69, 9.17) is 0 Å². The predicted octanol–water partition coefficient (Wildman–Crippen LogP) is 1.09. The van der Waals surface area contributed by atoms with Crippen molar-refractivity contribution in [1.82, 2.24) is 14.9 Å². The lowest BCUT2D eigenvalue weighted by Crippen LogP contribution is -2.32. The van der Waals surface area contributed by atoms with E-state index < -0.39 is 17.3 Å². The molecule has 3 atom stereocenters. The van der Waals surface area contributed by atoms with Crippen LogP contribution in [-0.2, 0) is 16.1 Å². The number of aromatic nitrogens is 2. The molecule has 4 rings (SSSR count). The number of carbonyl (C=O) groups is 3. The Bertz CT molecular complexity index is 861. The van der Waals surface area contributed by atoms with Crippen LogP contribution in [0.1, 0.15) is 17.3 Å². The maximum absolute atomic E-state index is 12.9. The predicted molar refractivity (Wildman–Crippen MR) is 89.7 cm³/mol. The van der Waals surface area contributed by atoms with Gasteiger partial charge in [0.1, 0.15) is 0 Å². The van der Waals surface area contributed by atoms with Crippen molar-refractivity contribution in [2.75, 3.05) is 11.9 Å². The SMILES string of the molecule is C[C@]12C(=O)c3ccccc3NC(=O)C1[C@H]2C(=O)NCCn1ccnc1. The Morgan fingerprint density at radius 3 is 2.92 bits per heavy atom. The Labute approximate surface area is 144 Å². The van der Waals surface area contributed by atoms with Crippen molar-refractivity contribution in [2.24, 2.45) is 17.3 Å². The van der Waals surface area contributed by atoms with Crippen LogP contribution in [0, 0.1) is 17.3 Å². The molecule has 0 saturated heterocycles. The lowest BCUT2D eigenvalue weighted by Gasteiger charge is -2.12. The summed E-state index contributed by atoms with van der Waals surface area (Å²) < 4.78 is 1.85. The number of para-hydroxylation sites is 1. The Balaban J connectivity index is 1.50. The lowest BCUT2D eigenvalue weighted by molar-refractivity contribution is -0.125. The van der Waals surface area contributed by atoms with Gasteiger partial charge in [0.05, 0.1) is 29.3 Å². The number of amides is 2. The number of nitrogens with zero attached hydrogens (tertiary/aromatic N) is 2. The molecule has 0 radical (unpaired) electrons. The summed E-state index contributed by atoms with van der Waals surface area (Å²) in [6.45, 7) is 2.71. The normalized spacial score (nSPS) is 26.9. The molecule has 7 nitrogen and oxygen atoms in total. The second kappa shape index (κ2) is 5.54. The maximum atomic E-state index is 12.9. The van der Waals surface area contributed by atoms with Crippen molar-refractivity contribution in [3.63, 3.8) is 0 Å². The summed E-state index contributed by atoms with van der Waals surface area (Å²) in [5, 5.41) is 5.61. The van der Waals surface area contributed by atoms with Gasteiger partial charge in [-0.2, -0.15) is 0 Å². The zero-order valence-electron chi connectivity index (χ0n) is 13.7. The van der Waals surface area contributed by atoms with E-state index in [-0.39, 0.29) is 17.6 Å². The lowest BCUT2D eigenvalue weighted by atomic mass is 9.92. The molecule has 1 aromatic heterocycles. The molecule has 0 spiro atoms. The van der Waals surface area contributed by atoms with E-state index >= 15 is 0 Å². The van der Waals surface area contributed by atoms with Crippen molar-refractivity contribution in [1.29, 1.82) is 0 Å². The zero-order valence-corrected chi connectivity index (χ0v) is 13.7. The Morgan fingerprint density at radius 2 is 2.16 bits per heavy atom. The highest BCUT2D eigenvalue weighted by Gasteiger charge is 2.73. The van der Waals surface area contributed by atoms with Gasteiger partial charge in [0, 0.05) is 31.0 Å². The van der Waals surface area contributed by atoms with Crippen LogP contribution >= 0.6 is 0 Å². The van der Waals surface area contributed by atoms with E-state index in [0.717, 1.165) is 0 Å². The fourth-order valence-electron chi connectivity index (χ4n) is 3.77. The van der Waals surface area contributed by atoms with Crippen molar-refractivity contribution in [3.05, 3.63) is 48.5 Å². The molecule has 0 bridgehead atoms. The fourth-order valence-corrected chi connectivity index (χ4v) is 3.77. The third-order valence-corrected chi connectivity index (χ3v) is 5.23. The van der Waals surface area contributed by atoms with Crippen LogP contribution in [0.25, 0.3) is 0 Å². The topological polar surface area (TPSA) is 93.1 Å². The number of imidazole rings is 1. The molecule has 2 N–H and O–H groups in total. The van der Waals surface area contributed by atoms with E-state index in [9.17, 15) is 14.4 Å². The summed E-state index contributed by atoms with van der Waals surface area (Å²) in [4.78, 5) is 41.9. The van der Waals surface area contributed by atoms with Crippen LogP contribution in [0.4, 0.5) is 5.69 Å². The number of fused-ring (bicyclic) bond motifs is 2. The van der Waals surface area contributed by atoms with Gasteiger partial charge in [0.15, 0.2) is 5.78 Å². The average molecular weight is 338 g/mol. The van der Waals surface area contributed by atoms with Gasteiger partial charge in [-0.3, -0.25) is 14.4 Å². The first-order valence-corrected chi connectivity index (χ1v) is 8.21. The molecule has 1 saturated carbocycles. The molecule has 1 unspecified atom stereocenters. The van der Waals surface area contributed by atoms with Crippen molar-refractivity contribution >= 4 is 23.3 Å². The molecule has 1 aromatic carbocycles. The second-order valence-electron chi connectivity index (χ2n) is 6.69. The largest absolute Gasteiger partial charge is 0.354 e. The Morgan fingerprint density at radius 1 is 1.36 bits per heavy atom. The minimum atomic E-state index is -0.976. The molecule has 25 heavy (non-hydrogen) atoms. The first-order valence-electron chi connectivity index (χ1n) is 8.21. The first kappa shape index (κ1) is 15.6. The monoisotopic (exact) mass is 338 g/mol. The van der Waals surface area contributed by atoms with Crippen LogP contribution in [0.15, 0.2) is 43.0 Å². The highest BCUT2D eigenvalue weighted by Crippen LogP contribution is 2.62. The van der Waals surface area contributed by atoms with Gasteiger partial charge in [-0.25, -0.2) is 4.98 Å². The van der Waals surface area contributed by atoms with Gasteiger partial charge in [0.2, 0.25) is 11.8 Å². The van der Waals surface area contributed by atoms with Crippen LogP contribution in [0.5, 0.6) is 0 Å². The number of hydrogen-bond acceptors (Lipinski definition) is 4. The molecule has 2 aliphatic rings. The molecule has 1 aliphatic heterocycles. The summed E-state index contributed by atoms with van der Waals surface area (Å²) in [5.74, 6) is -1.93. The Hall–Kier alpha value is -2.96. The average Bonchev–Trinajstić information content (AvgIpc) is 2.97. The number of benzene rings is 1. The van der Waals surface area contributed by atoms with E-state index in [2.05, 4.69) is 15.6 Å². The van der Waals surface area contributed by atoms with E-state index in [1.54, 1.807) is 43.7 Å². The van der Waals surface area contributed by atoms with Gasteiger partial charge in [-0.1, -0.05) is 19.1 Å². The highest BCUT2D eigenvalue weighted by molar-refractivity contribution is 6.19. The minimum absolute atomic E-state index is 0.152. The maximum Gasteiger partial charge on any atom is 0.229 e. The molecule has 7 heteroatoms. The molecule has 2 aromatic rings. The van der Waals surface area contributed by atoms with Crippen LogP contribution in [0.2, 0.25) is 0 Å². The summed E-state index contributed by atoms with van der Waals surface area (Å²) in [6, 6.07) is 6.93. The number of Topliss-reactive ketones (excluding diaryl/α,β-unsaturated/α-hetero) is 1. The molecule has 1 aliphatic carbocycles. The van der Waals surface area contributed by atoms with Crippen LogP contribution < -0.4 is 10.6 Å². The number of nitrogens with one attached hydrogen (secondary N) is 2. The Kier molecular flexibility index (Phi) is 3.45. The summed E-state index contributed by atoms with van der Waals surface area (Å²) >= 11 is 0. The summed E-state index contributed by atoms with van der Waals surface area (Å²) in [6.07, 6.45) is 5.15. The van der Waals surface area contributed by atoms with Gasteiger partial charge >= 0.3 is 0 Å². The molecule has 2 heterocycles. The number of hydrogen-bond donors (Lipinski definition) is 2. The zero-order chi connectivity index (χ0) is 17.6. The van der Waals surface area contributed by atoms with E-state index in [1.807, 2.05) is 10.8 Å². The number of carbonyl (C=O) groups excluding carboxylic acids is 3. The third kappa shape index (κ3) is 2.34. The van der Waals surface area contributed by atoms with Gasteiger partial charge in [0.25, 0.3) is 0 Å².